The van der Waals surface area contributed by atoms with E-state index in [0.717, 1.165) is 6.42 Å². The van der Waals surface area contributed by atoms with Crippen molar-refractivity contribution in [3.63, 3.8) is 0 Å². The second-order valence-electron chi connectivity index (χ2n) is 3.48. The van der Waals surface area contributed by atoms with Crippen molar-refractivity contribution in [2.75, 3.05) is 11.9 Å². The number of hydrogen-bond donors (Lipinski definition) is 1. The summed E-state index contributed by atoms with van der Waals surface area (Å²) < 4.78 is 4.74. The standard InChI is InChI=1S/C13H14ClNO3/c1-2-3-7-13(17)18-9-12(16)15-11-6-4-5-10(14)8-11/h3-8H,2,9H2,1H3,(H,15,16)/b7-3+. The Balaban J connectivity index is 2.38. The van der Waals surface area contributed by atoms with Crippen LogP contribution in [0.15, 0.2) is 36.4 Å². The van der Waals surface area contributed by atoms with Gasteiger partial charge in [-0.2, -0.15) is 0 Å². The van der Waals surface area contributed by atoms with Crippen molar-refractivity contribution in [1.82, 2.24) is 0 Å². The van der Waals surface area contributed by atoms with Gasteiger partial charge in [-0.25, -0.2) is 4.79 Å². The van der Waals surface area contributed by atoms with Crippen LogP contribution in [0.2, 0.25) is 5.02 Å². The summed E-state index contributed by atoms with van der Waals surface area (Å²) in [5, 5.41) is 3.09. The van der Waals surface area contributed by atoms with Crippen LogP contribution in [0.5, 0.6) is 0 Å². The zero-order valence-corrected chi connectivity index (χ0v) is 10.7. The fraction of sp³-hybridized carbons (Fsp3) is 0.231. The molecule has 18 heavy (non-hydrogen) atoms. The Bertz CT molecular complexity index is 457. The van der Waals surface area contributed by atoms with E-state index < -0.39 is 11.9 Å². The fourth-order valence-corrected chi connectivity index (χ4v) is 1.35. The van der Waals surface area contributed by atoms with Crippen molar-refractivity contribution < 1.29 is 14.3 Å². The summed E-state index contributed by atoms with van der Waals surface area (Å²) in [5.74, 6) is -0.936. The highest BCUT2D eigenvalue weighted by molar-refractivity contribution is 6.30. The highest BCUT2D eigenvalue weighted by atomic mass is 35.5. The van der Waals surface area contributed by atoms with Gasteiger partial charge >= 0.3 is 5.97 Å². The van der Waals surface area contributed by atoms with Crippen molar-refractivity contribution >= 4 is 29.2 Å². The molecule has 0 unspecified atom stereocenters. The number of esters is 1. The number of halogens is 1. The van der Waals surface area contributed by atoms with Crippen molar-refractivity contribution in [3.05, 3.63) is 41.4 Å². The average molecular weight is 268 g/mol. The van der Waals surface area contributed by atoms with Crippen molar-refractivity contribution in [1.29, 1.82) is 0 Å². The molecule has 0 heterocycles. The van der Waals surface area contributed by atoms with Crippen LogP contribution in [-0.2, 0) is 14.3 Å². The number of nitrogens with one attached hydrogen (secondary N) is 1. The van der Waals surface area contributed by atoms with Gasteiger partial charge in [0.15, 0.2) is 6.61 Å². The molecule has 0 radical (unpaired) electrons. The summed E-state index contributed by atoms with van der Waals surface area (Å²) in [4.78, 5) is 22.5. The molecule has 96 valence electrons. The predicted octanol–water partition coefficient (Wildman–Crippen LogP) is 2.79. The van der Waals surface area contributed by atoms with Gasteiger partial charge in [-0.3, -0.25) is 4.79 Å². The van der Waals surface area contributed by atoms with Gasteiger partial charge in [0.25, 0.3) is 5.91 Å². The number of allylic oxidation sites excluding steroid dienone is 1. The maximum atomic E-state index is 11.4. The lowest BCUT2D eigenvalue weighted by Gasteiger charge is -2.05. The topological polar surface area (TPSA) is 55.4 Å². The zero-order valence-electron chi connectivity index (χ0n) is 9.98. The van der Waals surface area contributed by atoms with Gasteiger partial charge in [0, 0.05) is 16.8 Å². The summed E-state index contributed by atoms with van der Waals surface area (Å²) in [7, 11) is 0. The molecule has 0 aromatic heterocycles. The number of carbonyl (C=O) groups is 2. The molecule has 1 rings (SSSR count). The Hall–Kier alpha value is -1.81. The first-order valence-corrected chi connectivity index (χ1v) is 5.88. The second-order valence-corrected chi connectivity index (χ2v) is 3.91. The molecule has 0 saturated heterocycles. The van der Waals surface area contributed by atoms with Crippen LogP contribution in [0.4, 0.5) is 5.69 Å². The van der Waals surface area contributed by atoms with E-state index in [2.05, 4.69) is 5.32 Å². The van der Waals surface area contributed by atoms with Crippen LogP contribution < -0.4 is 5.32 Å². The SMILES string of the molecule is CC/C=C/C(=O)OCC(=O)Nc1cccc(Cl)c1. The summed E-state index contributed by atoms with van der Waals surface area (Å²) in [6.45, 7) is 1.58. The first-order valence-electron chi connectivity index (χ1n) is 5.50. The van der Waals surface area contributed by atoms with Gasteiger partial charge in [-0.1, -0.05) is 30.7 Å². The number of anilines is 1. The third kappa shape index (κ3) is 5.50. The molecular formula is C13H14ClNO3. The number of ether oxygens (including phenoxy) is 1. The third-order valence-electron chi connectivity index (χ3n) is 1.94. The third-order valence-corrected chi connectivity index (χ3v) is 2.18. The van der Waals surface area contributed by atoms with Crippen LogP contribution in [0, 0.1) is 0 Å². The minimum atomic E-state index is -0.530. The molecule has 0 atom stereocenters. The fourth-order valence-electron chi connectivity index (χ4n) is 1.16. The Labute approximate surface area is 111 Å². The van der Waals surface area contributed by atoms with E-state index in [-0.39, 0.29) is 6.61 Å². The van der Waals surface area contributed by atoms with Crippen molar-refractivity contribution in [2.24, 2.45) is 0 Å². The molecule has 5 heteroatoms. The highest BCUT2D eigenvalue weighted by Crippen LogP contribution is 2.14. The number of amides is 1. The molecule has 0 aliphatic rings. The van der Waals surface area contributed by atoms with Gasteiger partial charge < -0.3 is 10.1 Å². The van der Waals surface area contributed by atoms with E-state index in [4.69, 9.17) is 16.3 Å². The van der Waals surface area contributed by atoms with Gasteiger partial charge in [0.1, 0.15) is 0 Å². The van der Waals surface area contributed by atoms with Gasteiger partial charge in [0.2, 0.25) is 0 Å². The van der Waals surface area contributed by atoms with E-state index in [1.807, 2.05) is 6.92 Å². The van der Waals surface area contributed by atoms with Crippen LogP contribution in [0.25, 0.3) is 0 Å². The number of hydrogen-bond acceptors (Lipinski definition) is 3. The molecule has 0 aliphatic heterocycles. The second kappa shape index (κ2) is 7.50. The minimum absolute atomic E-state index is 0.320. The van der Waals surface area contributed by atoms with E-state index in [1.54, 1.807) is 30.3 Å². The summed E-state index contributed by atoms with van der Waals surface area (Å²) in [5.41, 5.74) is 0.563. The predicted molar refractivity (Wildman–Crippen MR) is 70.5 cm³/mol. The van der Waals surface area contributed by atoms with Crippen LogP contribution in [-0.4, -0.2) is 18.5 Å². The Kier molecular flexibility index (Phi) is 5.94. The maximum Gasteiger partial charge on any atom is 0.330 e. The minimum Gasteiger partial charge on any atom is -0.452 e. The largest absolute Gasteiger partial charge is 0.452 e. The zero-order chi connectivity index (χ0) is 13.4. The van der Waals surface area contributed by atoms with Gasteiger partial charge in [-0.05, 0) is 24.6 Å². The summed E-state index contributed by atoms with van der Waals surface area (Å²) in [6.07, 6.45) is 3.70. The quantitative estimate of drug-likeness (QED) is 0.659. The normalized spacial score (nSPS) is 10.3. The molecule has 0 bridgehead atoms. The van der Waals surface area contributed by atoms with E-state index in [9.17, 15) is 9.59 Å². The lowest BCUT2D eigenvalue weighted by atomic mass is 10.3. The summed E-state index contributed by atoms with van der Waals surface area (Å²) >= 11 is 5.77. The molecule has 1 aromatic rings. The molecule has 0 aliphatic carbocycles. The highest BCUT2D eigenvalue weighted by Gasteiger charge is 2.05. The Morgan fingerprint density at radius 2 is 2.22 bits per heavy atom. The van der Waals surface area contributed by atoms with Crippen molar-refractivity contribution in [2.45, 2.75) is 13.3 Å². The van der Waals surface area contributed by atoms with E-state index in [1.165, 1.54) is 6.08 Å². The Morgan fingerprint density at radius 1 is 1.44 bits per heavy atom. The Morgan fingerprint density at radius 3 is 2.89 bits per heavy atom. The number of benzene rings is 1. The molecule has 0 spiro atoms. The molecule has 4 nitrogen and oxygen atoms in total. The lowest BCUT2D eigenvalue weighted by Crippen LogP contribution is -2.20. The first-order chi connectivity index (χ1) is 8.61. The smallest absolute Gasteiger partial charge is 0.330 e. The van der Waals surface area contributed by atoms with E-state index >= 15 is 0 Å². The van der Waals surface area contributed by atoms with Crippen LogP contribution in [0.1, 0.15) is 13.3 Å². The molecular weight excluding hydrogens is 254 g/mol. The van der Waals surface area contributed by atoms with Gasteiger partial charge in [-0.15, -0.1) is 0 Å². The molecule has 1 N–H and O–H groups in total. The lowest BCUT2D eigenvalue weighted by molar-refractivity contribution is -0.142. The van der Waals surface area contributed by atoms with Crippen LogP contribution in [0.3, 0.4) is 0 Å². The monoisotopic (exact) mass is 267 g/mol. The maximum absolute atomic E-state index is 11.4. The number of rotatable bonds is 5. The van der Waals surface area contributed by atoms with Gasteiger partial charge in [0.05, 0.1) is 0 Å². The molecule has 0 saturated carbocycles. The van der Waals surface area contributed by atoms with Crippen LogP contribution >= 0.6 is 11.6 Å². The van der Waals surface area contributed by atoms with Crippen molar-refractivity contribution in [3.8, 4) is 0 Å². The summed E-state index contributed by atoms with van der Waals surface area (Å²) in [6, 6.07) is 6.72. The average Bonchev–Trinajstić information content (AvgIpc) is 2.34. The first kappa shape index (κ1) is 14.3. The molecule has 1 amide bonds. The molecule has 0 fully saturated rings. The molecule has 1 aromatic carbocycles. The van der Waals surface area contributed by atoms with E-state index in [0.29, 0.717) is 10.7 Å². The number of carbonyl (C=O) groups excluding carboxylic acids is 2.